The summed E-state index contributed by atoms with van der Waals surface area (Å²) < 4.78 is 38.3. The number of anilines is 1. The van der Waals surface area contributed by atoms with Crippen molar-refractivity contribution in [3.63, 3.8) is 0 Å². The van der Waals surface area contributed by atoms with Crippen molar-refractivity contribution in [1.29, 1.82) is 0 Å². The van der Waals surface area contributed by atoms with E-state index in [9.17, 15) is 18.0 Å². The van der Waals surface area contributed by atoms with Crippen LogP contribution in [0, 0.1) is 0 Å². The molecule has 1 fully saturated rings. The number of fused-ring (bicyclic) bond motifs is 1. The highest BCUT2D eigenvalue weighted by molar-refractivity contribution is 7.99. The van der Waals surface area contributed by atoms with Crippen molar-refractivity contribution in [3.05, 3.63) is 47.1 Å². The molecule has 0 unspecified atom stereocenters. The third kappa shape index (κ3) is 4.49. The van der Waals surface area contributed by atoms with E-state index in [4.69, 9.17) is 11.6 Å². The molecule has 0 spiro atoms. The summed E-state index contributed by atoms with van der Waals surface area (Å²) >= 11 is 7.36. The molecule has 2 aromatic heterocycles. The predicted molar refractivity (Wildman–Crippen MR) is 110 cm³/mol. The number of hydrogen-bond acceptors (Lipinski definition) is 5. The second-order valence-electron chi connectivity index (χ2n) is 6.74. The summed E-state index contributed by atoms with van der Waals surface area (Å²) in [5.41, 5.74) is 0.886. The van der Waals surface area contributed by atoms with Crippen molar-refractivity contribution in [2.24, 2.45) is 0 Å². The summed E-state index contributed by atoms with van der Waals surface area (Å²) in [5, 5.41) is 0.633. The Balaban J connectivity index is 1.32. The van der Waals surface area contributed by atoms with Crippen LogP contribution in [0.1, 0.15) is 5.56 Å². The normalized spacial score (nSPS) is 15.1. The first-order chi connectivity index (χ1) is 14.3. The lowest BCUT2D eigenvalue weighted by Crippen LogP contribution is -2.49. The van der Waals surface area contributed by atoms with Crippen LogP contribution in [0.3, 0.4) is 0 Å². The number of nitrogens with one attached hydrogen (secondary N) is 1. The molecular formula is C19H17ClF3N5OS. The number of pyridine rings is 1. The summed E-state index contributed by atoms with van der Waals surface area (Å²) in [4.78, 5) is 27.6. The first kappa shape index (κ1) is 20.8. The van der Waals surface area contributed by atoms with Gasteiger partial charge in [-0.05, 0) is 18.2 Å². The number of nitrogens with zero attached hydrogens (tertiary/aromatic N) is 4. The molecule has 1 aliphatic rings. The average molecular weight is 456 g/mol. The zero-order valence-corrected chi connectivity index (χ0v) is 17.2. The number of aromatic amines is 1. The standard InChI is InChI=1S/C19H17ClF3N5OS/c20-13-9-12(19(21,22)23)10-24-17(13)28-7-5-27(6-8-28)16(29)11-30-18-25-14-3-1-2-4-15(14)26-18/h1-4,9-10H,5-8,11H2,(H,25,26). The fraction of sp³-hybridized carbons (Fsp3) is 0.316. The number of carbonyl (C=O) groups excluding carboxylic acids is 1. The van der Waals surface area contributed by atoms with Crippen molar-refractivity contribution in [3.8, 4) is 0 Å². The fourth-order valence-corrected chi connectivity index (χ4v) is 4.28. The van der Waals surface area contributed by atoms with E-state index in [-0.39, 0.29) is 16.7 Å². The minimum atomic E-state index is -4.49. The summed E-state index contributed by atoms with van der Waals surface area (Å²) in [6.45, 7) is 1.77. The second-order valence-corrected chi connectivity index (χ2v) is 8.11. The van der Waals surface area contributed by atoms with E-state index in [0.29, 0.717) is 37.2 Å². The van der Waals surface area contributed by atoms with Gasteiger partial charge in [-0.1, -0.05) is 35.5 Å². The number of piperazine rings is 1. The quantitative estimate of drug-likeness (QED) is 0.601. The van der Waals surface area contributed by atoms with E-state index >= 15 is 0 Å². The van der Waals surface area contributed by atoms with Crippen LogP contribution in [0.15, 0.2) is 41.7 Å². The van der Waals surface area contributed by atoms with Crippen molar-refractivity contribution in [2.75, 3.05) is 36.8 Å². The van der Waals surface area contributed by atoms with Crippen molar-refractivity contribution in [2.45, 2.75) is 11.3 Å². The van der Waals surface area contributed by atoms with Gasteiger partial charge in [0.2, 0.25) is 5.91 Å². The minimum absolute atomic E-state index is 0.0217. The van der Waals surface area contributed by atoms with E-state index in [2.05, 4.69) is 15.0 Å². The zero-order chi connectivity index (χ0) is 21.3. The van der Waals surface area contributed by atoms with E-state index in [0.717, 1.165) is 23.3 Å². The van der Waals surface area contributed by atoms with Crippen molar-refractivity contribution >= 4 is 46.1 Å². The Morgan fingerprint density at radius 1 is 1.20 bits per heavy atom. The molecule has 0 radical (unpaired) electrons. The lowest BCUT2D eigenvalue weighted by Gasteiger charge is -2.35. The molecular weight excluding hydrogens is 439 g/mol. The van der Waals surface area contributed by atoms with Crippen molar-refractivity contribution in [1.82, 2.24) is 19.9 Å². The third-order valence-corrected chi connectivity index (χ3v) is 5.92. The Kier molecular flexibility index (Phi) is 5.79. The molecule has 30 heavy (non-hydrogen) atoms. The average Bonchev–Trinajstić information content (AvgIpc) is 3.14. The van der Waals surface area contributed by atoms with Crippen LogP contribution in [-0.4, -0.2) is 57.7 Å². The molecule has 0 atom stereocenters. The minimum Gasteiger partial charge on any atom is -0.352 e. The molecule has 4 rings (SSSR count). The lowest BCUT2D eigenvalue weighted by molar-refractivity contribution is -0.137. The van der Waals surface area contributed by atoms with Crippen LogP contribution in [0.2, 0.25) is 5.02 Å². The molecule has 0 bridgehead atoms. The van der Waals surface area contributed by atoms with Crippen LogP contribution in [0.5, 0.6) is 0 Å². The molecule has 11 heteroatoms. The van der Waals surface area contributed by atoms with Gasteiger partial charge in [0.1, 0.15) is 5.82 Å². The molecule has 1 aliphatic heterocycles. The molecule has 158 valence electrons. The van der Waals surface area contributed by atoms with Gasteiger partial charge in [-0.25, -0.2) is 9.97 Å². The second kappa shape index (κ2) is 8.35. The van der Waals surface area contributed by atoms with E-state index < -0.39 is 11.7 Å². The number of aromatic nitrogens is 3. The number of hydrogen-bond donors (Lipinski definition) is 1. The fourth-order valence-electron chi connectivity index (χ4n) is 3.21. The van der Waals surface area contributed by atoms with Gasteiger partial charge >= 0.3 is 6.18 Å². The molecule has 1 N–H and O–H groups in total. The van der Waals surface area contributed by atoms with Crippen LogP contribution in [0.25, 0.3) is 11.0 Å². The molecule has 1 aromatic carbocycles. The highest BCUT2D eigenvalue weighted by Gasteiger charge is 2.32. The van der Waals surface area contributed by atoms with Gasteiger partial charge in [-0.15, -0.1) is 0 Å². The molecule has 3 aromatic rings. The first-order valence-electron chi connectivity index (χ1n) is 9.14. The first-order valence-corrected chi connectivity index (χ1v) is 10.5. The van der Waals surface area contributed by atoms with Gasteiger partial charge in [0, 0.05) is 32.4 Å². The number of amides is 1. The molecule has 1 saturated heterocycles. The van der Waals surface area contributed by atoms with Gasteiger partial charge in [0.15, 0.2) is 5.16 Å². The Hall–Kier alpha value is -2.46. The number of thioether (sulfide) groups is 1. The maximum Gasteiger partial charge on any atom is 0.417 e. The van der Waals surface area contributed by atoms with Crippen LogP contribution >= 0.6 is 23.4 Å². The number of para-hydroxylation sites is 2. The van der Waals surface area contributed by atoms with Gasteiger partial charge in [0.05, 0.1) is 27.4 Å². The topological polar surface area (TPSA) is 65.1 Å². The number of H-pyrrole nitrogens is 1. The Morgan fingerprint density at radius 3 is 2.60 bits per heavy atom. The Morgan fingerprint density at radius 2 is 1.93 bits per heavy atom. The molecule has 1 amide bonds. The number of benzene rings is 1. The molecule has 0 saturated carbocycles. The maximum absolute atomic E-state index is 12.8. The van der Waals surface area contributed by atoms with Gasteiger partial charge in [0.25, 0.3) is 0 Å². The van der Waals surface area contributed by atoms with Crippen LogP contribution in [-0.2, 0) is 11.0 Å². The third-order valence-electron chi connectivity index (χ3n) is 4.78. The Labute approximate surface area is 179 Å². The molecule has 6 nitrogen and oxygen atoms in total. The van der Waals surface area contributed by atoms with Crippen LogP contribution in [0.4, 0.5) is 19.0 Å². The molecule has 0 aliphatic carbocycles. The maximum atomic E-state index is 12.8. The number of imidazole rings is 1. The summed E-state index contributed by atoms with van der Waals surface area (Å²) in [6.07, 6.45) is -3.71. The SMILES string of the molecule is O=C(CSc1nc2ccccc2[nH]1)N1CCN(c2ncc(C(F)(F)F)cc2Cl)CC1. The zero-order valence-electron chi connectivity index (χ0n) is 15.6. The number of rotatable bonds is 4. The van der Waals surface area contributed by atoms with Gasteiger partial charge in [-0.3, -0.25) is 4.79 Å². The van der Waals surface area contributed by atoms with Crippen molar-refractivity contribution < 1.29 is 18.0 Å². The smallest absolute Gasteiger partial charge is 0.352 e. The van der Waals surface area contributed by atoms with E-state index in [1.807, 2.05) is 24.3 Å². The predicted octanol–water partition coefficient (Wildman–Crippen LogP) is 4.07. The van der Waals surface area contributed by atoms with Gasteiger partial charge in [-0.2, -0.15) is 13.2 Å². The highest BCUT2D eigenvalue weighted by Crippen LogP contribution is 2.33. The lowest BCUT2D eigenvalue weighted by atomic mass is 10.2. The number of halogens is 4. The summed E-state index contributed by atoms with van der Waals surface area (Å²) in [6, 6.07) is 8.52. The van der Waals surface area contributed by atoms with Crippen LogP contribution < -0.4 is 4.90 Å². The monoisotopic (exact) mass is 455 g/mol. The summed E-state index contributed by atoms with van der Waals surface area (Å²) in [7, 11) is 0. The van der Waals surface area contributed by atoms with E-state index in [1.165, 1.54) is 11.8 Å². The summed E-state index contributed by atoms with van der Waals surface area (Å²) in [5.74, 6) is 0.527. The largest absolute Gasteiger partial charge is 0.417 e. The highest BCUT2D eigenvalue weighted by atomic mass is 35.5. The Bertz CT molecular complexity index is 1030. The number of alkyl halides is 3. The van der Waals surface area contributed by atoms with Gasteiger partial charge < -0.3 is 14.8 Å². The number of carbonyl (C=O) groups is 1. The molecule has 3 heterocycles. The van der Waals surface area contributed by atoms with E-state index in [1.54, 1.807) is 9.80 Å².